The van der Waals surface area contributed by atoms with Gasteiger partial charge in [-0.1, -0.05) is 65.3 Å². The van der Waals surface area contributed by atoms with Gasteiger partial charge in [0.15, 0.2) is 17.0 Å². The molecule has 4 aromatic rings. The van der Waals surface area contributed by atoms with Crippen molar-refractivity contribution in [2.75, 3.05) is 18.0 Å². The zero-order valence-corrected chi connectivity index (χ0v) is 19.3. The van der Waals surface area contributed by atoms with Gasteiger partial charge in [-0.3, -0.25) is 0 Å². The zero-order chi connectivity index (χ0) is 23.7. The fourth-order valence-corrected chi connectivity index (χ4v) is 4.33. The molecule has 0 amide bonds. The van der Waals surface area contributed by atoms with Gasteiger partial charge in [-0.2, -0.15) is 8.78 Å². The SMILES string of the molecule is FC(F)(c1ccccc1)c1nc(N2CCC(N=C=S)C2)c2nnn(Cc3ccccc3Cl)c2n1. The second kappa shape index (κ2) is 9.13. The number of fused-ring (bicyclic) bond motifs is 1. The molecule has 2 aromatic heterocycles. The summed E-state index contributed by atoms with van der Waals surface area (Å²) in [6.45, 7) is 1.25. The van der Waals surface area contributed by atoms with E-state index in [1.54, 1.807) is 24.3 Å². The lowest BCUT2D eigenvalue weighted by atomic mass is 10.1. The molecule has 7 nitrogen and oxygen atoms in total. The van der Waals surface area contributed by atoms with Crippen LogP contribution in [0.2, 0.25) is 5.02 Å². The van der Waals surface area contributed by atoms with Gasteiger partial charge in [0.05, 0.1) is 17.7 Å². The van der Waals surface area contributed by atoms with Crippen LogP contribution in [0, 0.1) is 0 Å². The maximum atomic E-state index is 15.6. The van der Waals surface area contributed by atoms with E-state index >= 15 is 8.78 Å². The smallest absolute Gasteiger partial charge is 0.331 e. The van der Waals surface area contributed by atoms with Crippen LogP contribution in [0.5, 0.6) is 0 Å². The van der Waals surface area contributed by atoms with Crippen LogP contribution >= 0.6 is 23.8 Å². The summed E-state index contributed by atoms with van der Waals surface area (Å²) < 4.78 is 32.6. The van der Waals surface area contributed by atoms with E-state index in [4.69, 9.17) is 23.8 Å². The summed E-state index contributed by atoms with van der Waals surface area (Å²) in [5.41, 5.74) is 1.11. The first kappa shape index (κ1) is 22.5. The maximum absolute atomic E-state index is 15.6. The number of benzene rings is 2. The molecule has 1 fully saturated rings. The monoisotopic (exact) mass is 497 g/mol. The lowest BCUT2D eigenvalue weighted by Crippen LogP contribution is -2.26. The second-order valence-electron chi connectivity index (χ2n) is 7.93. The molecule has 2 aromatic carbocycles. The molecule has 1 aliphatic rings. The number of hydrogen-bond donors (Lipinski definition) is 0. The topological polar surface area (TPSA) is 72.1 Å². The minimum absolute atomic E-state index is 0.0845. The molecule has 1 unspecified atom stereocenters. The average Bonchev–Trinajstić information content (AvgIpc) is 3.48. The van der Waals surface area contributed by atoms with Crippen molar-refractivity contribution in [3.8, 4) is 0 Å². The summed E-state index contributed by atoms with van der Waals surface area (Å²) in [4.78, 5) is 14.6. The van der Waals surface area contributed by atoms with E-state index in [0.717, 1.165) is 5.56 Å². The van der Waals surface area contributed by atoms with Crippen LogP contribution in [0.15, 0.2) is 59.6 Å². The highest BCUT2D eigenvalue weighted by molar-refractivity contribution is 7.78. The fraction of sp³-hybridized carbons (Fsp3) is 0.261. The Morgan fingerprint density at radius 1 is 1.12 bits per heavy atom. The Bertz CT molecular complexity index is 1390. The third-order valence-corrected chi connectivity index (χ3v) is 6.21. The molecular weight excluding hydrogens is 480 g/mol. The van der Waals surface area contributed by atoms with Gasteiger partial charge in [0.1, 0.15) is 0 Å². The number of thiocarbonyl (C=S) groups is 1. The highest BCUT2D eigenvalue weighted by atomic mass is 35.5. The van der Waals surface area contributed by atoms with Crippen LogP contribution < -0.4 is 4.90 Å². The van der Waals surface area contributed by atoms with Gasteiger partial charge in [-0.15, -0.1) is 5.10 Å². The Hall–Kier alpha value is -3.33. The first-order valence-corrected chi connectivity index (χ1v) is 11.4. The van der Waals surface area contributed by atoms with E-state index in [-0.39, 0.29) is 23.8 Å². The van der Waals surface area contributed by atoms with E-state index in [9.17, 15) is 0 Å². The van der Waals surface area contributed by atoms with Crippen molar-refractivity contribution >= 4 is 46.0 Å². The van der Waals surface area contributed by atoms with E-state index in [1.165, 1.54) is 16.8 Å². The molecule has 0 saturated carbocycles. The van der Waals surface area contributed by atoms with Crippen LogP contribution in [-0.4, -0.2) is 49.3 Å². The van der Waals surface area contributed by atoms with Gasteiger partial charge >= 0.3 is 5.92 Å². The molecule has 0 N–H and O–H groups in total. The van der Waals surface area contributed by atoms with Crippen molar-refractivity contribution < 1.29 is 8.78 Å². The third kappa shape index (κ3) is 4.16. The van der Waals surface area contributed by atoms with Gasteiger partial charge in [0.25, 0.3) is 0 Å². The van der Waals surface area contributed by atoms with E-state index in [0.29, 0.717) is 35.9 Å². The Morgan fingerprint density at radius 3 is 2.65 bits per heavy atom. The molecule has 1 saturated heterocycles. The minimum Gasteiger partial charge on any atom is -0.352 e. The molecule has 11 heteroatoms. The number of alkyl halides is 2. The van der Waals surface area contributed by atoms with Crippen LogP contribution in [0.1, 0.15) is 23.4 Å². The van der Waals surface area contributed by atoms with Crippen molar-refractivity contribution in [3.05, 3.63) is 76.6 Å². The van der Waals surface area contributed by atoms with Crippen LogP contribution in [0.25, 0.3) is 11.2 Å². The maximum Gasteiger partial charge on any atom is 0.331 e. The highest BCUT2D eigenvalue weighted by Crippen LogP contribution is 2.36. The number of hydrogen-bond acceptors (Lipinski definition) is 7. The first-order valence-electron chi connectivity index (χ1n) is 10.6. The number of anilines is 1. The number of aromatic nitrogens is 5. The molecular formula is C23H18ClF2N7S. The lowest BCUT2D eigenvalue weighted by Gasteiger charge is -2.20. The average molecular weight is 498 g/mol. The van der Waals surface area contributed by atoms with Crippen molar-refractivity contribution in [2.24, 2.45) is 4.99 Å². The normalized spacial score (nSPS) is 16.1. The van der Waals surface area contributed by atoms with Crippen LogP contribution in [0.4, 0.5) is 14.6 Å². The molecule has 5 rings (SSSR count). The number of rotatable bonds is 6. The summed E-state index contributed by atoms with van der Waals surface area (Å²) in [6, 6.07) is 14.7. The van der Waals surface area contributed by atoms with Gasteiger partial charge in [0, 0.05) is 23.7 Å². The van der Waals surface area contributed by atoms with Crippen molar-refractivity contribution in [1.29, 1.82) is 0 Å². The Kier molecular flexibility index (Phi) is 6.03. The van der Waals surface area contributed by atoms with Crippen molar-refractivity contribution in [1.82, 2.24) is 25.0 Å². The number of isothiocyanates is 1. The molecule has 34 heavy (non-hydrogen) atoms. The van der Waals surface area contributed by atoms with E-state index in [1.807, 2.05) is 23.1 Å². The molecule has 1 aliphatic heterocycles. The van der Waals surface area contributed by atoms with E-state index in [2.05, 4.69) is 30.4 Å². The molecule has 0 radical (unpaired) electrons. The Labute approximate surface area is 204 Å². The summed E-state index contributed by atoms with van der Waals surface area (Å²) in [6.07, 6.45) is 0.702. The summed E-state index contributed by atoms with van der Waals surface area (Å²) in [5, 5.41) is 11.4. The Morgan fingerprint density at radius 2 is 1.88 bits per heavy atom. The molecule has 3 heterocycles. The predicted molar refractivity (Wildman–Crippen MR) is 129 cm³/mol. The fourth-order valence-electron chi connectivity index (χ4n) is 3.99. The largest absolute Gasteiger partial charge is 0.352 e. The number of aliphatic imine (C=N–C) groups is 1. The van der Waals surface area contributed by atoms with E-state index < -0.39 is 11.7 Å². The first-order chi connectivity index (χ1) is 16.5. The molecule has 0 bridgehead atoms. The predicted octanol–water partition coefficient (Wildman–Crippen LogP) is 4.74. The van der Waals surface area contributed by atoms with Crippen molar-refractivity contribution in [3.63, 3.8) is 0 Å². The minimum atomic E-state index is -3.42. The zero-order valence-electron chi connectivity index (χ0n) is 17.8. The third-order valence-electron chi connectivity index (χ3n) is 5.74. The lowest BCUT2D eigenvalue weighted by molar-refractivity contribution is 0.0332. The van der Waals surface area contributed by atoms with Gasteiger partial charge in [-0.25, -0.2) is 19.6 Å². The van der Waals surface area contributed by atoms with Crippen molar-refractivity contribution in [2.45, 2.75) is 24.9 Å². The quantitative estimate of drug-likeness (QED) is 0.283. The molecule has 1 atom stereocenters. The molecule has 0 spiro atoms. The standard InChI is InChI=1S/C23H18ClF2N7S/c24-18-9-5-4-6-15(18)12-33-21-19(30-31-33)20(32-11-10-17(13-32)27-14-34)28-22(29-21)23(25,26)16-7-2-1-3-8-16/h1-9,17H,10-13H2. The number of halogens is 3. The van der Waals surface area contributed by atoms with Gasteiger partial charge in [-0.05, 0) is 30.3 Å². The van der Waals surface area contributed by atoms with Crippen LogP contribution in [0.3, 0.4) is 0 Å². The molecule has 172 valence electrons. The summed E-state index contributed by atoms with van der Waals surface area (Å²) in [5.74, 6) is -3.75. The van der Waals surface area contributed by atoms with Gasteiger partial charge < -0.3 is 4.90 Å². The van der Waals surface area contributed by atoms with Gasteiger partial charge in [0.2, 0.25) is 5.82 Å². The van der Waals surface area contributed by atoms with Crippen LogP contribution in [-0.2, 0) is 12.5 Å². The number of nitrogens with zero attached hydrogens (tertiary/aromatic N) is 7. The summed E-state index contributed by atoms with van der Waals surface area (Å²) in [7, 11) is 0. The molecule has 0 aliphatic carbocycles. The summed E-state index contributed by atoms with van der Waals surface area (Å²) >= 11 is 11.0. The highest BCUT2D eigenvalue weighted by Gasteiger charge is 2.39. The second-order valence-corrected chi connectivity index (χ2v) is 8.52. The Balaban J connectivity index is 1.65.